The zero-order valence-corrected chi connectivity index (χ0v) is 14.4. The predicted molar refractivity (Wildman–Crippen MR) is 90.8 cm³/mol. The molecule has 1 aliphatic rings. The average Bonchev–Trinajstić information content (AvgIpc) is 2.52. The molecule has 1 amide bonds. The van der Waals surface area contributed by atoms with Crippen LogP contribution in [0.25, 0.3) is 0 Å². The van der Waals surface area contributed by atoms with Gasteiger partial charge in [0, 0.05) is 4.90 Å². The van der Waals surface area contributed by atoms with Crippen molar-refractivity contribution in [2.45, 2.75) is 36.9 Å². The van der Waals surface area contributed by atoms with Crippen molar-refractivity contribution < 1.29 is 22.7 Å². The van der Waals surface area contributed by atoms with Crippen LogP contribution in [0.4, 0.5) is 18.9 Å². The monoisotopic (exact) mass is 367 g/mol. The van der Waals surface area contributed by atoms with E-state index in [4.69, 9.17) is 0 Å². The summed E-state index contributed by atoms with van der Waals surface area (Å²) in [5.41, 5.74) is 2.67. The Bertz CT molecular complexity index is 790. The summed E-state index contributed by atoms with van der Waals surface area (Å²) < 4.78 is 40.6. The fourth-order valence-corrected chi connectivity index (χ4v) is 3.82. The van der Waals surface area contributed by atoms with E-state index in [1.54, 1.807) is 4.90 Å². The summed E-state index contributed by atoms with van der Waals surface area (Å²) in [7, 11) is 0. The largest absolute Gasteiger partial charge is 0.573 e. The predicted octanol–water partition coefficient (Wildman–Crippen LogP) is 4.92. The molecule has 0 aliphatic carbocycles. The topological polar surface area (TPSA) is 29.5 Å². The van der Waals surface area contributed by atoms with Gasteiger partial charge in [0.05, 0.1) is 17.5 Å². The SMILES string of the molecule is Cc1ccc2c(c1)SC(C)C(=O)N2Cc1ccc(OC(F)(F)F)cc1. The number of halogens is 3. The van der Waals surface area contributed by atoms with E-state index in [0.29, 0.717) is 6.54 Å². The van der Waals surface area contributed by atoms with Crippen molar-refractivity contribution in [2.75, 3.05) is 4.90 Å². The van der Waals surface area contributed by atoms with Crippen molar-refractivity contribution in [1.82, 2.24) is 0 Å². The van der Waals surface area contributed by atoms with Gasteiger partial charge in [-0.2, -0.15) is 0 Å². The highest BCUT2D eigenvalue weighted by Crippen LogP contribution is 2.40. The number of hydrogen-bond donors (Lipinski definition) is 0. The lowest BCUT2D eigenvalue weighted by atomic mass is 10.1. The van der Waals surface area contributed by atoms with Crippen LogP contribution in [-0.2, 0) is 11.3 Å². The second-order valence-electron chi connectivity index (χ2n) is 5.85. The van der Waals surface area contributed by atoms with Crippen LogP contribution < -0.4 is 9.64 Å². The summed E-state index contributed by atoms with van der Waals surface area (Å²) in [6.07, 6.45) is -4.71. The second kappa shape index (κ2) is 6.63. The lowest BCUT2D eigenvalue weighted by molar-refractivity contribution is -0.274. The fourth-order valence-electron chi connectivity index (χ4n) is 2.66. The van der Waals surface area contributed by atoms with E-state index in [-0.39, 0.29) is 16.9 Å². The zero-order chi connectivity index (χ0) is 18.2. The summed E-state index contributed by atoms with van der Waals surface area (Å²) in [5.74, 6) is -0.293. The summed E-state index contributed by atoms with van der Waals surface area (Å²) >= 11 is 1.52. The molecular weight excluding hydrogens is 351 g/mol. The number of anilines is 1. The van der Waals surface area contributed by atoms with Crippen LogP contribution in [-0.4, -0.2) is 17.5 Å². The first-order valence-corrected chi connectivity index (χ1v) is 8.54. The Morgan fingerprint density at radius 3 is 2.48 bits per heavy atom. The van der Waals surface area contributed by atoms with Crippen molar-refractivity contribution in [3.05, 3.63) is 53.6 Å². The maximum Gasteiger partial charge on any atom is 0.573 e. The molecule has 1 heterocycles. The normalized spacial score (nSPS) is 17.4. The standard InChI is InChI=1S/C18H16F3NO2S/c1-11-3-8-15-16(9-11)25-12(2)17(23)22(15)10-13-4-6-14(7-5-13)24-18(19,20)21/h3-9,12H,10H2,1-2H3. The average molecular weight is 367 g/mol. The number of rotatable bonds is 3. The molecular formula is C18H16F3NO2S. The number of hydrogen-bond acceptors (Lipinski definition) is 3. The quantitative estimate of drug-likeness (QED) is 0.771. The van der Waals surface area contributed by atoms with Gasteiger partial charge in [-0.15, -0.1) is 24.9 Å². The van der Waals surface area contributed by atoms with Crippen LogP contribution in [0, 0.1) is 6.92 Å². The van der Waals surface area contributed by atoms with Crippen LogP contribution in [0.5, 0.6) is 5.75 Å². The van der Waals surface area contributed by atoms with Crippen molar-refractivity contribution in [3.63, 3.8) is 0 Å². The number of fused-ring (bicyclic) bond motifs is 1. The molecule has 1 atom stereocenters. The molecule has 1 unspecified atom stereocenters. The van der Waals surface area contributed by atoms with Crippen LogP contribution in [0.15, 0.2) is 47.4 Å². The lowest BCUT2D eigenvalue weighted by Gasteiger charge is -2.32. The Morgan fingerprint density at radius 2 is 1.84 bits per heavy atom. The van der Waals surface area contributed by atoms with Crippen LogP contribution in [0.3, 0.4) is 0 Å². The molecule has 0 spiro atoms. The Morgan fingerprint density at radius 1 is 1.16 bits per heavy atom. The third-order valence-corrected chi connectivity index (χ3v) is 4.96. The first kappa shape index (κ1) is 17.7. The molecule has 0 N–H and O–H groups in total. The van der Waals surface area contributed by atoms with Gasteiger partial charge in [-0.1, -0.05) is 18.2 Å². The highest BCUT2D eigenvalue weighted by Gasteiger charge is 2.32. The summed E-state index contributed by atoms with van der Waals surface area (Å²) in [4.78, 5) is 15.3. The molecule has 132 valence electrons. The van der Waals surface area contributed by atoms with Crippen LogP contribution in [0.2, 0.25) is 0 Å². The smallest absolute Gasteiger partial charge is 0.406 e. The third kappa shape index (κ3) is 4.10. The lowest BCUT2D eigenvalue weighted by Crippen LogP contribution is -2.39. The second-order valence-corrected chi connectivity index (χ2v) is 7.23. The van der Waals surface area contributed by atoms with Gasteiger partial charge in [-0.05, 0) is 49.2 Å². The zero-order valence-electron chi connectivity index (χ0n) is 13.6. The molecule has 3 rings (SSSR count). The summed E-state index contributed by atoms with van der Waals surface area (Å²) in [6, 6.07) is 11.5. The highest BCUT2D eigenvalue weighted by atomic mass is 32.2. The Balaban J connectivity index is 1.83. The minimum Gasteiger partial charge on any atom is -0.406 e. The summed E-state index contributed by atoms with van der Waals surface area (Å²) in [5, 5.41) is -0.206. The van der Waals surface area contributed by atoms with Gasteiger partial charge < -0.3 is 9.64 Å². The molecule has 3 nitrogen and oxygen atoms in total. The third-order valence-electron chi connectivity index (χ3n) is 3.82. The van der Waals surface area contributed by atoms with Crippen molar-refractivity contribution >= 4 is 23.4 Å². The molecule has 0 fully saturated rings. The molecule has 0 saturated carbocycles. The molecule has 0 bridgehead atoms. The Labute approximate surface area is 147 Å². The van der Waals surface area contributed by atoms with E-state index in [0.717, 1.165) is 21.7 Å². The van der Waals surface area contributed by atoms with E-state index in [1.165, 1.54) is 36.0 Å². The van der Waals surface area contributed by atoms with Gasteiger partial charge >= 0.3 is 6.36 Å². The van der Waals surface area contributed by atoms with Crippen molar-refractivity contribution in [3.8, 4) is 5.75 Å². The number of amides is 1. The van der Waals surface area contributed by atoms with E-state index >= 15 is 0 Å². The number of alkyl halides is 3. The number of aryl methyl sites for hydroxylation is 1. The number of thioether (sulfide) groups is 1. The van der Waals surface area contributed by atoms with E-state index in [9.17, 15) is 18.0 Å². The van der Waals surface area contributed by atoms with Gasteiger partial charge in [-0.25, -0.2) is 0 Å². The summed E-state index contributed by atoms with van der Waals surface area (Å²) in [6.45, 7) is 4.14. The Hall–Kier alpha value is -2.15. The molecule has 0 saturated heterocycles. The number of carbonyl (C=O) groups excluding carboxylic acids is 1. The first-order valence-electron chi connectivity index (χ1n) is 7.66. The van der Waals surface area contributed by atoms with Crippen LogP contribution >= 0.6 is 11.8 Å². The number of benzene rings is 2. The minimum absolute atomic E-state index is 0.0167. The van der Waals surface area contributed by atoms with Crippen molar-refractivity contribution in [2.24, 2.45) is 0 Å². The first-order chi connectivity index (χ1) is 11.7. The number of nitrogens with zero attached hydrogens (tertiary/aromatic N) is 1. The van der Waals surface area contributed by atoms with Gasteiger partial charge in [0.25, 0.3) is 0 Å². The van der Waals surface area contributed by atoms with Gasteiger partial charge in [0.2, 0.25) is 5.91 Å². The van der Waals surface area contributed by atoms with E-state index in [2.05, 4.69) is 4.74 Å². The molecule has 7 heteroatoms. The van der Waals surface area contributed by atoms with Crippen LogP contribution in [0.1, 0.15) is 18.1 Å². The molecule has 2 aromatic carbocycles. The van der Waals surface area contributed by atoms with Crippen molar-refractivity contribution in [1.29, 1.82) is 0 Å². The highest BCUT2D eigenvalue weighted by molar-refractivity contribution is 8.01. The molecule has 2 aromatic rings. The van der Waals surface area contributed by atoms with E-state index < -0.39 is 6.36 Å². The number of carbonyl (C=O) groups is 1. The molecule has 25 heavy (non-hydrogen) atoms. The van der Waals surface area contributed by atoms with E-state index in [1.807, 2.05) is 32.0 Å². The maximum absolute atomic E-state index is 12.6. The van der Waals surface area contributed by atoms with Gasteiger partial charge in [0.15, 0.2) is 0 Å². The molecule has 1 aliphatic heterocycles. The molecule has 0 aromatic heterocycles. The Kier molecular flexibility index (Phi) is 4.69. The molecule has 0 radical (unpaired) electrons. The fraction of sp³-hybridized carbons (Fsp3) is 0.278. The van der Waals surface area contributed by atoms with Gasteiger partial charge in [0.1, 0.15) is 5.75 Å². The van der Waals surface area contributed by atoms with Gasteiger partial charge in [-0.3, -0.25) is 4.79 Å². The minimum atomic E-state index is -4.71. The maximum atomic E-state index is 12.6. The number of ether oxygens (including phenoxy) is 1.